The van der Waals surface area contributed by atoms with Gasteiger partial charge in [-0.2, -0.15) is 5.10 Å². The number of hydrazone groups is 1. The Morgan fingerprint density at radius 2 is 1.28 bits per heavy atom. The smallest absolute Gasteiger partial charge is 0.343 e. The zero-order valence-corrected chi connectivity index (χ0v) is 20.0. The number of benzene rings is 3. The van der Waals surface area contributed by atoms with Gasteiger partial charge in [-0.3, -0.25) is 9.59 Å². The second kappa shape index (κ2) is 13.3. The van der Waals surface area contributed by atoms with Crippen molar-refractivity contribution in [3.05, 3.63) is 89.5 Å². The zero-order valence-electron chi connectivity index (χ0n) is 20.0. The normalized spacial score (nSPS) is 10.5. The van der Waals surface area contributed by atoms with E-state index in [0.717, 1.165) is 0 Å². The molecule has 0 aliphatic rings. The Bertz CT molecular complexity index is 1190. The van der Waals surface area contributed by atoms with Crippen LogP contribution in [0.4, 0.5) is 0 Å². The van der Waals surface area contributed by atoms with Gasteiger partial charge >= 0.3 is 5.97 Å². The van der Waals surface area contributed by atoms with Gasteiger partial charge in [-0.25, -0.2) is 10.2 Å². The number of nitrogens with one attached hydrogen (secondary N) is 2. The van der Waals surface area contributed by atoms with Gasteiger partial charge in [-0.05, 0) is 92.2 Å². The second-order valence-corrected chi connectivity index (χ2v) is 7.35. The molecule has 186 valence electrons. The number of nitrogens with zero attached hydrogens (tertiary/aromatic N) is 1. The fourth-order valence-electron chi connectivity index (χ4n) is 2.99. The lowest BCUT2D eigenvalue weighted by Crippen LogP contribution is -2.34. The number of carbonyl (C=O) groups excluding carboxylic acids is 3. The Labute approximate surface area is 209 Å². The predicted molar refractivity (Wildman–Crippen MR) is 135 cm³/mol. The van der Waals surface area contributed by atoms with Crippen LogP contribution in [-0.4, -0.2) is 43.8 Å². The molecule has 0 saturated carbocycles. The summed E-state index contributed by atoms with van der Waals surface area (Å²) in [6, 6.07) is 19.9. The van der Waals surface area contributed by atoms with Crippen molar-refractivity contribution >= 4 is 24.0 Å². The number of hydrogen-bond acceptors (Lipinski definition) is 7. The van der Waals surface area contributed by atoms with E-state index in [1.165, 1.54) is 6.21 Å². The van der Waals surface area contributed by atoms with Gasteiger partial charge in [0.05, 0.1) is 31.5 Å². The van der Waals surface area contributed by atoms with Crippen LogP contribution in [-0.2, 0) is 4.79 Å². The van der Waals surface area contributed by atoms with Crippen molar-refractivity contribution in [2.45, 2.75) is 13.8 Å². The Kier molecular flexibility index (Phi) is 9.58. The summed E-state index contributed by atoms with van der Waals surface area (Å²) >= 11 is 0. The van der Waals surface area contributed by atoms with Crippen molar-refractivity contribution in [1.82, 2.24) is 10.7 Å². The van der Waals surface area contributed by atoms with E-state index in [4.69, 9.17) is 14.2 Å². The molecular formula is C27H27N3O6. The highest BCUT2D eigenvalue weighted by atomic mass is 16.5. The van der Waals surface area contributed by atoms with Crippen LogP contribution in [0.3, 0.4) is 0 Å². The first-order chi connectivity index (χ1) is 17.5. The number of amides is 2. The Balaban J connectivity index is 1.42. The first-order valence-electron chi connectivity index (χ1n) is 11.4. The predicted octanol–water partition coefficient (Wildman–Crippen LogP) is 3.58. The molecule has 9 heteroatoms. The van der Waals surface area contributed by atoms with E-state index in [2.05, 4.69) is 15.8 Å². The van der Waals surface area contributed by atoms with Gasteiger partial charge in [-0.1, -0.05) is 0 Å². The molecule has 2 amide bonds. The highest BCUT2D eigenvalue weighted by molar-refractivity contribution is 5.96. The third kappa shape index (κ3) is 7.98. The molecule has 9 nitrogen and oxygen atoms in total. The van der Waals surface area contributed by atoms with Crippen LogP contribution < -0.4 is 25.0 Å². The van der Waals surface area contributed by atoms with Gasteiger partial charge < -0.3 is 19.5 Å². The first-order valence-corrected chi connectivity index (χ1v) is 11.4. The minimum Gasteiger partial charge on any atom is -0.494 e. The van der Waals surface area contributed by atoms with Crippen molar-refractivity contribution in [2.24, 2.45) is 5.10 Å². The van der Waals surface area contributed by atoms with Gasteiger partial charge in [0.2, 0.25) is 0 Å². The summed E-state index contributed by atoms with van der Waals surface area (Å²) in [5.41, 5.74) is 3.84. The summed E-state index contributed by atoms with van der Waals surface area (Å²) < 4.78 is 16.1. The van der Waals surface area contributed by atoms with E-state index in [1.807, 2.05) is 13.8 Å². The summed E-state index contributed by atoms with van der Waals surface area (Å²) in [6.07, 6.45) is 1.43. The summed E-state index contributed by atoms with van der Waals surface area (Å²) in [4.78, 5) is 36.4. The first kappa shape index (κ1) is 26.0. The highest BCUT2D eigenvalue weighted by Crippen LogP contribution is 2.16. The van der Waals surface area contributed by atoms with E-state index in [-0.39, 0.29) is 12.5 Å². The topological polar surface area (TPSA) is 115 Å². The van der Waals surface area contributed by atoms with Gasteiger partial charge in [-0.15, -0.1) is 0 Å². The molecule has 0 aliphatic heterocycles. The Hall–Kier alpha value is -4.66. The molecule has 0 radical (unpaired) electrons. The molecule has 36 heavy (non-hydrogen) atoms. The zero-order chi connectivity index (χ0) is 25.8. The SMILES string of the molecule is CCOc1ccc(C(=O)NCC(=O)NN=Cc2ccc(OC(=O)c3ccc(OCC)cc3)cc2)cc1. The third-order valence-corrected chi connectivity index (χ3v) is 4.73. The number of hydrogen-bond donors (Lipinski definition) is 2. The highest BCUT2D eigenvalue weighted by Gasteiger charge is 2.09. The lowest BCUT2D eigenvalue weighted by molar-refractivity contribution is -0.120. The molecule has 3 rings (SSSR count). The maximum Gasteiger partial charge on any atom is 0.343 e. The second-order valence-electron chi connectivity index (χ2n) is 7.35. The number of rotatable bonds is 11. The van der Waals surface area contributed by atoms with Gasteiger partial charge in [0.1, 0.15) is 17.2 Å². The van der Waals surface area contributed by atoms with Crippen LogP contribution in [0.1, 0.15) is 40.1 Å². The van der Waals surface area contributed by atoms with Crippen molar-refractivity contribution in [1.29, 1.82) is 0 Å². The van der Waals surface area contributed by atoms with E-state index < -0.39 is 11.9 Å². The minimum atomic E-state index is -0.487. The lowest BCUT2D eigenvalue weighted by Gasteiger charge is -2.06. The molecule has 0 saturated heterocycles. The molecule has 3 aromatic rings. The number of esters is 1. The van der Waals surface area contributed by atoms with Gasteiger partial charge in [0, 0.05) is 5.56 Å². The average Bonchev–Trinajstić information content (AvgIpc) is 2.89. The van der Waals surface area contributed by atoms with E-state index >= 15 is 0 Å². The molecule has 0 bridgehead atoms. The standard InChI is InChI=1S/C27H27N3O6/c1-3-34-22-13-7-20(8-14-22)26(32)28-18-25(31)30-29-17-19-5-11-24(12-6-19)36-27(33)21-9-15-23(16-10-21)35-4-2/h5-17H,3-4,18H2,1-2H3,(H,28,32)(H,30,31). The molecule has 0 atom stereocenters. The van der Waals surface area contributed by atoms with Crippen LogP contribution in [0.2, 0.25) is 0 Å². The van der Waals surface area contributed by atoms with Crippen molar-refractivity contribution in [3.63, 3.8) is 0 Å². The molecule has 0 heterocycles. The van der Waals surface area contributed by atoms with Crippen LogP contribution in [0.5, 0.6) is 17.2 Å². The van der Waals surface area contributed by atoms with Crippen LogP contribution in [0, 0.1) is 0 Å². The maximum absolute atomic E-state index is 12.3. The molecule has 3 aromatic carbocycles. The summed E-state index contributed by atoms with van der Waals surface area (Å²) in [7, 11) is 0. The molecule has 0 aliphatic carbocycles. The molecule has 0 fully saturated rings. The van der Waals surface area contributed by atoms with Crippen LogP contribution in [0.15, 0.2) is 77.9 Å². The van der Waals surface area contributed by atoms with E-state index in [9.17, 15) is 14.4 Å². The van der Waals surface area contributed by atoms with Crippen molar-refractivity contribution < 1.29 is 28.6 Å². The summed E-state index contributed by atoms with van der Waals surface area (Å²) in [5, 5.41) is 6.40. The van der Waals surface area contributed by atoms with Gasteiger partial charge in [0.25, 0.3) is 11.8 Å². The third-order valence-electron chi connectivity index (χ3n) is 4.73. The minimum absolute atomic E-state index is 0.232. The molecule has 0 unspecified atom stereocenters. The lowest BCUT2D eigenvalue weighted by atomic mass is 10.2. The number of carbonyl (C=O) groups is 3. The summed E-state index contributed by atoms with van der Waals surface area (Å²) in [5.74, 6) is 0.366. The quantitative estimate of drug-likeness (QED) is 0.184. The van der Waals surface area contributed by atoms with Crippen molar-refractivity contribution in [2.75, 3.05) is 19.8 Å². The van der Waals surface area contributed by atoms with Gasteiger partial charge in [0.15, 0.2) is 0 Å². The summed E-state index contributed by atoms with van der Waals surface area (Å²) in [6.45, 7) is 4.61. The van der Waals surface area contributed by atoms with E-state index in [1.54, 1.807) is 72.8 Å². The van der Waals surface area contributed by atoms with E-state index in [0.29, 0.717) is 47.2 Å². The number of ether oxygens (including phenoxy) is 3. The van der Waals surface area contributed by atoms with Crippen molar-refractivity contribution in [3.8, 4) is 17.2 Å². The fraction of sp³-hybridized carbons (Fsp3) is 0.185. The maximum atomic E-state index is 12.3. The van der Waals surface area contributed by atoms with Crippen LogP contribution >= 0.6 is 0 Å². The molecule has 0 aromatic heterocycles. The average molecular weight is 490 g/mol. The largest absolute Gasteiger partial charge is 0.494 e. The monoisotopic (exact) mass is 489 g/mol. The Morgan fingerprint density at radius 3 is 1.83 bits per heavy atom. The molecule has 2 N–H and O–H groups in total. The fourth-order valence-corrected chi connectivity index (χ4v) is 2.99. The Morgan fingerprint density at radius 1 is 0.750 bits per heavy atom. The molecule has 0 spiro atoms. The van der Waals surface area contributed by atoms with Crippen LogP contribution in [0.25, 0.3) is 0 Å². The molecular weight excluding hydrogens is 462 g/mol.